The Balaban J connectivity index is 2.12. The van der Waals surface area contributed by atoms with Crippen molar-refractivity contribution < 1.29 is 4.21 Å². The summed E-state index contributed by atoms with van der Waals surface area (Å²) in [6, 6.07) is 1.58. The molecule has 1 aliphatic heterocycles. The lowest BCUT2D eigenvalue weighted by atomic mass is 10.2. The van der Waals surface area contributed by atoms with Crippen LogP contribution in [0.15, 0.2) is 17.4 Å². The summed E-state index contributed by atoms with van der Waals surface area (Å²) in [5.41, 5.74) is 0. The lowest BCUT2D eigenvalue weighted by Gasteiger charge is -2.21. The van der Waals surface area contributed by atoms with Gasteiger partial charge in [-0.3, -0.25) is 4.21 Å². The number of piperidine rings is 1. The number of hydrogen-bond donors (Lipinski definition) is 1. The van der Waals surface area contributed by atoms with Crippen molar-refractivity contribution in [1.82, 2.24) is 15.3 Å². The van der Waals surface area contributed by atoms with Gasteiger partial charge in [0.2, 0.25) is 0 Å². The van der Waals surface area contributed by atoms with Crippen LogP contribution in [-0.4, -0.2) is 32.5 Å². The molecule has 82 valence electrons. The van der Waals surface area contributed by atoms with E-state index < -0.39 is 10.8 Å². The number of aromatic nitrogens is 2. The molecule has 2 atom stereocenters. The quantitative estimate of drug-likeness (QED) is 0.790. The maximum absolute atomic E-state index is 12.1. The first-order valence-corrected chi connectivity index (χ1v) is 6.45. The van der Waals surface area contributed by atoms with Gasteiger partial charge in [-0.25, -0.2) is 9.97 Å². The molecule has 0 bridgehead atoms. The summed E-state index contributed by atoms with van der Waals surface area (Å²) >= 11 is 5.73. The highest BCUT2D eigenvalue weighted by atomic mass is 35.5. The smallest absolute Gasteiger partial charge is 0.133 e. The van der Waals surface area contributed by atoms with E-state index in [4.69, 9.17) is 11.6 Å². The van der Waals surface area contributed by atoms with Crippen molar-refractivity contribution in [3.05, 3.63) is 17.5 Å². The molecule has 1 N–H and O–H groups in total. The first-order chi connectivity index (χ1) is 7.27. The minimum atomic E-state index is -1.08. The average molecular weight is 246 g/mol. The van der Waals surface area contributed by atoms with Crippen molar-refractivity contribution in [1.29, 1.82) is 0 Å². The molecule has 6 heteroatoms. The van der Waals surface area contributed by atoms with Gasteiger partial charge in [0.1, 0.15) is 16.5 Å². The molecule has 0 aromatic carbocycles. The van der Waals surface area contributed by atoms with Crippen LogP contribution in [0.4, 0.5) is 0 Å². The normalized spacial score (nSPS) is 23.7. The van der Waals surface area contributed by atoms with Crippen molar-refractivity contribution in [3.8, 4) is 0 Å². The summed E-state index contributed by atoms with van der Waals surface area (Å²) in [4.78, 5) is 7.76. The zero-order chi connectivity index (χ0) is 10.7. The second kappa shape index (κ2) is 5.01. The highest BCUT2D eigenvalue weighted by molar-refractivity contribution is 7.85. The highest BCUT2D eigenvalue weighted by Gasteiger charge is 2.21. The van der Waals surface area contributed by atoms with Crippen molar-refractivity contribution >= 4 is 22.4 Å². The minimum absolute atomic E-state index is 0.143. The zero-order valence-electron chi connectivity index (χ0n) is 8.15. The molecule has 2 heterocycles. The van der Waals surface area contributed by atoms with E-state index in [1.165, 1.54) is 6.33 Å². The molecule has 1 aromatic rings. The summed E-state index contributed by atoms with van der Waals surface area (Å²) in [5, 5.41) is 4.25. The topological polar surface area (TPSA) is 54.9 Å². The van der Waals surface area contributed by atoms with Gasteiger partial charge >= 0.3 is 0 Å². The van der Waals surface area contributed by atoms with Crippen LogP contribution in [-0.2, 0) is 10.8 Å². The van der Waals surface area contributed by atoms with E-state index in [1.54, 1.807) is 6.07 Å². The summed E-state index contributed by atoms with van der Waals surface area (Å²) < 4.78 is 12.1. The maximum Gasteiger partial charge on any atom is 0.133 e. The van der Waals surface area contributed by atoms with Gasteiger partial charge in [-0.15, -0.1) is 0 Å². The number of halogens is 1. The van der Waals surface area contributed by atoms with Crippen LogP contribution in [0.3, 0.4) is 0 Å². The van der Waals surface area contributed by atoms with Crippen LogP contribution in [0.1, 0.15) is 12.8 Å². The second-order valence-electron chi connectivity index (χ2n) is 3.44. The highest BCUT2D eigenvalue weighted by Crippen LogP contribution is 2.16. The Kier molecular flexibility index (Phi) is 3.66. The van der Waals surface area contributed by atoms with Crippen molar-refractivity contribution in [2.45, 2.75) is 23.1 Å². The van der Waals surface area contributed by atoms with E-state index in [-0.39, 0.29) is 5.25 Å². The predicted octanol–water partition coefficient (Wildman–Crippen LogP) is 0.990. The van der Waals surface area contributed by atoms with Gasteiger partial charge in [0.05, 0.1) is 16.0 Å². The van der Waals surface area contributed by atoms with Gasteiger partial charge in [-0.1, -0.05) is 11.6 Å². The predicted molar refractivity (Wildman–Crippen MR) is 59.3 cm³/mol. The molecule has 0 spiro atoms. The van der Waals surface area contributed by atoms with Crippen molar-refractivity contribution in [2.75, 3.05) is 13.1 Å². The van der Waals surface area contributed by atoms with Gasteiger partial charge in [-0.05, 0) is 19.4 Å². The molecule has 4 nitrogen and oxygen atoms in total. The molecule has 1 aliphatic rings. The molecule has 15 heavy (non-hydrogen) atoms. The Morgan fingerprint density at radius 2 is 2.40 bits per heavy atom. The number of rotatable bonds is 2. The molecule has 0 aliphatic carbocycles. The van der Waals surface area contributed by atoms with E-state index in [2.05, 4.69) is 15.3 Å². The molecule has 0 amide bonds. The van der Waals surface area contributed by atoms with Crippen LogP contribution in [0.5, 0.6) is 0 Å². The van der Waals surface area contributed by atoms with Crippen LogP contribution in [0, 0.1) is 0 Å². The van der Waals surface area contributed by atoms with Crippen molar-refractivity contribution in [2.24, 2.45) is 0 Å². The third-order valence-corrected chi connectivity index (χ3v) is 4.22. The van der Waals surface area contributed by atoms with Crippen LogP contribution in [0.2, 0.25) is 5.15 Å². The molecule has 1 fully saturated rings. The van der Waals surface area contributed by atoms with E-state index in [0.717, 1.165) is 25.9 Å². The van der Waals surface area contributed by atoms with Crippen molar-refractivity contribution in [3.63, 3.8) is 0 Å². The van der Waals surface area contributed by atoms with Gasteiger partial charge < -0.3 is 5.32 Å². The molecule has 0 saturated carbocycles. The lowest BCUT2D eigenvalue weighted by molar-refractivity contribution is 0.519. The standard InChI is InChI=1S/C9H12ClN3OS/c10-8-4-9(13-6-12-8)15(14)7-2-1-3-11-5-7/h4,6-7,11H,1-3,5H2/t7-,15+/m1/s1. The van der Waals surface area contributed by atoms with Crippen LogP contribution in [0.25, 0.3) is 0 Å². The van der Waals surface area contributed by atoms with E-state index in [1.807, 2.05) is 0 Å². The van der Waals surface area contributed by atoms with Gasteiger partial charge in [0.25, 0.3) is 0 Å². The second-order valence-corrected chi connectivity index (χ2v) is 5.51. The molecular formula is C9H12ClN3OS. The average Bonchev–Trinajstić information content (AvgIpc) is 2.29. The van der Waals surface area contributed by atoms with Gasteiger partial charge in [0.15, 0.2) is 0 Å². The van der Waals surface area contributed by atoms with Crippen LogP contribution >= 0.6 is 11.6 Å². The summed E-state index contributed by atoms with van der Waals surface area (Å²) in [6.07, 6.45) is 3.39. The summed E-state index contributed by atoms with van der Waals surface area (Å²) in [5.74, 6) is 0. The molecular weight excluding hydrogens is 234 g/mol. The summed E-state index contributed by atoms with van der Waals surface area (Å²) in [7, 11) is -1.08. The Bertz CT molecular complexity index is 368. The Hall–Kier alpha value is -0.520. The fourth-order valence-corrected chi connectivity index (χ4v) is 3.18. The van der Waals surface area contributed by atoms with E-state index >= 15 is 0 Å². The van der Waals surface area contributed by atoms with E-state index in [0.29, 0.717) is 10.2 Å². The molecule has 1 aromatic heterocycles. The minimum Gasteiger partial charge on any atom is -0.316 e. The number of nitrogens with one attached hydrogen (secondary N) is 1. The van der Waals surface area contributed by atoms with Crippen LogP contribution < -0.4 is 5.32 Å². The maximum atomic E-state index is 12.1. The Morgan fingerprint density at radius 3 is 3.07 bits per heavy atom. The van der Waals surface area contributed by atoms with Gasteiger partial charge in [-0.2, -0.15) is 0 Å². The summed E-state index contributed by atoms with van der Waals surface area (Å²) in [6.45, 7) is 1.80. The van der Waals surface area contributed by atoms with E-state index in [9.17, 15) is 4.21 Å². The first-order valence-electron chi connectivity index (χ1n) is 4.86. The Morgan fingerprint density at radius 1 is 1.53 bits per heavy atom. The fraction of sp³-hybridized carbons (Fsp3) is 0.556. The Labute approximate surface area is 95.9 Å². The molecule has 0 radical (unpaired) electrons. The zero-order valence-corrected chi connectivity index (χ0v) is 9.72. The largest absolute Gasteiger partial charge is 0.316 e. The van der Waals surface area contributed by atoms with Gasteiger partial charge in [0, 0.05) is 12.6 Å². The third kappa shape index (κ3) is 2.74. The monoisotopic (exact) mass is 245 g/mol. The number of hydrogen-bond acceptors (Lipinski definition) is 4. The molecule has 0 unspecified atom stereocenters. The third-order valence-electron chi connectivity index (χ3n) is 2.37. The lowest BCUT2D eigenvalue weighted by Crippen LogP contribution is -2.36. The first kappa shape index (κ1) is 11.0. The molecule has 1 saturated heterocycles. The number of nitrogens with zero attached hydrogens (tertiary/aromatic N) is 2. The SMILES string of the molecule is O=[S@](c1cc(Cl)ncn1)[C@@H]1CCCNC1. The molecule has 2 rings (SSSR count). The fourth-order valence-electron chi connectivity index (χ4n) is 1.60.